The predicted molar refractivity (Wildman–Crippen MR) is 312 cm³/mol. The Kier molecular flexibility index (Phi) is 18.2. The minimum atomic E-state index is -2.16. The van der Waals surface area contributed by atoms with Gasteiger partial charge in [-0.05, 0) is 24.3 Å². The molecule has 0 saturated heterocycles. The molecule has 4 nitrogen and oxygen atoms in total. The van der Waals surface area contributed by atoms with Gasteiger partial charge in [0.25, 0.3) is 0 Å². The first-order chi connectivity index (χ1) is 35.4. The maximum atomic E-state index is 11.1. The summed E-state index contributed by atoms with van der Waals surface area (Å²) >= 11 is 0. The van der Waals surface area contributed by atoms with Crippen LogP contribution in [0.3, 0.4) is 0 Å². The van der Waals surface area contributed by atoms with Gasteiger partial charge in [-0.25, -0.2) is 9.59 Å². The second-order valence-corrected chi connectivity index (χ2v) is 27.1. The Bertz CT molecular complexity index is 2810. The Labute approximate surface area is 432 Å². The third kappa shape index (κ3) is 12.6. The molecule has 0 aliphatic carbocycles. The molecule has 0 radical (unpaired) electrons. The fraction of sp³-hybridized carbons (Fsp3) is 0.0312. The maximum absolute atomic E-state index is 11.1. The van der Waals surface area contributed by atoms with Crippen molar-refractivity contribution in [1.29, 1.82) is 0 Å². The molecule has 2 N–H and O–H groups in total. The van der Waals surface area contributed by atoms with Gasteiger partial charge in [0, 0.05) is 9.79 Å². The number of hydrogen-bond acceptors (Lipinski definition) is 4. The van der Waals surface area contributed by atoms with Gasteiger partial charge in [0.2, 0.25) is 0 Å². The number of carboxylic acids is 2. The van der Waals surface area contributed by atoms with Crippen LogP contribution in [0.25, 0.3) is 0 Å². The van der Waals surface area contributed by atoms with Gasteiger partial charge in [0.05, 0.1) is 11.1 Å². The molecule has 0 heterocycles. The van der Waals surface area contributed by atoms with E-state index in [1.807, 2.05) is 0 Å². The van der Waals surface area contributed by atoms with Gasteiger partial charge >= 0.3 is 324 Å². The Hall–Kier alpha value is -7.30. The van der Waals surface area contributed by atoms with E-state index in [1.165, 1.54) is 76.7 Å². The van der Waals surface area contributed by atoms with E-state index in [0.717, 1.165) is 12.3 Å². The van der Waals surface area contributed by atoms with Crippen LogP contribution >= 0.6 is 36.1 Å². The first kappa shape index (κ1) is 51.1. The van der Waals surface area contributed by atoms with E-state index in [-0.39, 0.29) is 11.1 Å². The van der Waals surface area contributed by atoms with E-state index in [2.05, 4.69) is 243 Å². The average molecular weight is 1020 g/mol. The SMILES string of the molecule is O=C(O)c1ccccc1SSc1ccccc1C(=O)O.c1ccc(C[PH](c2ccccc2)(c2ccccc2)c2ccccc2)cc1.c1ccc(C[PH](c2ccccc2)(c2ccccc2)c2ccccc2)cc1. The van der Waals surface area contributed by atoms with Crippen LogP contribution in [0.2, 0.25) is 0 Å². The topological polar surface area (TPSA) is 74.6 Å². The van der Waals surface area contributed by atoms with Gasteiger partial charge in [-0.2, -0.15) is 0 Å². The van der Waals surface area contributed by atoms with E-state index in [4.69, 9.17) is 10.2 Å². The standard InChI is InChI=1S/2C25H23P.C14H10O4S2/c2*1-5-13-22(14-6-1)21-26(23-15-7-2-8-16-23,24-17-9-3-10-18-24)25-19-11-4-12-20-25;15-13(16)9-5-1-3-7-11(9)19-20-12-8-4-2-6-10(12)14(17)18/h2*1-20,26H,21H2;1-8H,(H,15,16)(H,17,18). The van der Waals surface area contributed by atoms with E-state index < -0.39 is 26.5 Å². The molecular formula is C64H56O4P2S2. The number of hydrogen-bond donors (Lipinski definition) is 2. The molecule has 0 aliphatic rings. The van der Waals surface area contributed by atoms with Crippen LogP contribution < -0.4 is 31.8 Å². The molecular weight excluding hydrogens is 959 g/mol. The van der Waals surface area contributed by atoms with Gasteiger partial charge in [-0.3, -0.25) is 0 Å². The normalized spacial score (nSPS) is 11.4. The van der Waals surface area contributed by atoms with Crippen LogP contribution in [0.1, 0.15) is 31.8 Å². The zero-order chi connectivity index (χ0) is 49.9. The summed E-state index contributed by atoms with van der Waals surface area (Å²) in [5.74, 6) is -2.00. The Morgan fingerprint density at radius 1 is 0.278 bits per heavy atom. The van der Waals surface area contributed by atoms with Gasteiger partial charge in [0.15, 0.2) is 0 Å². The van der Waals surface area contributed by atoms with Crippen LogP contribution in [0, 0.1) is 0 Å². The van der Waals surface area contributed by atoms with Gasteiger partial charge in [-0.1, -0.05) is 45.9 Å². The second-order valence-electron chi connectivity index (χ2n) is 17.1. The van der Waals surface area contributed by atoms with Crippen molar-refractivity contribution in [1.82, 2.24) is 0 Å². The van der Waals surface area contributed by atoms with E-state index >= 15 is 0 Å². The summed E-state index contributed by atoms with van der Waals surface area (Å²) in [5.41, 5.74) is 3.21. The number of carboxylic acid groups (broad SMARTS) is 2. The van der Waals surface area contributed by atoms with E-state index in [1.54, 1.807) is 36.4 Å². The van der Waals surface area contributed by atoms with Crippen molar-refractivity contribution in [3.05, 3.63) is 313 Å². The second kappa shape index (κ2) is 25.7. The third-order valence-corrected chi connectivity index (χ3v) is 25.0. The summed E-state index contributed by atoms with van der Waals surface area (Å²) in [7, 11) is -1.86. The summed E-state index contributed by atoms with van der Waals surface area (Å²) in [4.78, 5) is 23.4. The van der Waals surface area contributed by atoms with Crippen LogP contribution in [0.5, 0.6) is 0 Å². The molecule has 0 saturated carbocycles. The van der Waals surface area contributed by atoms with Gasteiger partial charge in [0.1, 0.15) is 0 Å². The first-order valence-electron chi connectivity index (χ1n) is 23.8. The van der Waals surface area contributed by atoms with Crippen molar-refractivity contribution in [3.8, 4) is 0 Å². The van der Waals surface area contributed by atoms with Crippen molar-refractivity contribution in [2.45, 2.75) is 22.1 Å². The first-order valence-corrected chi connectivity index (χ1v) is 30.3. The fourth-order valence-electron chi connectivity index (χ4n) is 9.27. The number of benzene rings is 10. The zero-order valence-electron chi connectivity index (χ0n) is 39.7. The monoisotopic (exact) mass is 1010 g/mol. The number of carbonyl (C=O) groups is 2. The minimum absolute atomic E-state index is 0.206. The molecule has 72 heavy (non-hydrogen) atoms. The summed E-state index contributed by atoms with van der Waals surface area (Å²) in [6, 6.07) is 102. The molecule has 0 aromatic heterocycles. The van der Waals surface area contributed by atoms with Crippen LogP contribution in [-0.4, -0.2) is 22.2 Å². The summed E-state index contributed by atoms with van der Waals surface area (Å²) < 4.78 is 0. The molecule has 0 unspecified atom stereocenters. The van der Waals surface area contributed by atoms with Crippen molar-refractivity contribution < 1.29 is 19.8 Å². The van der Waals surface area contributed by atoms with Crippen molar-refractivity contribution in [2.24, 2.45) is 0 Å². The molecule has 0 amide bonds. The molecule has 0 aliphatic heterocycles. The third-order valence-electron chi connectivity index (χ3n) is 12.7. The molecule has 0 atom stereocenters. The van der Waals surface area contributed by atoms with Gasteiger partial charge < -0.3 is 10.2 Å². The predicted octanol–water partition coefficient (Wildman–Crippen LogP) is 13.7. The summed E-state index contributed by atoms with van der Waals surface area (Å²) in [5, 5.41) is 26.9. The molecule has 358 valence electrons. The molecule has 0 spiro atoms. The molecule has 10 aromatic rings. The molecule has 10 rings (SSSR count). The van der Waals surface area contributed by atoms with Crippen molar-refractivity contribution in [2.75, 3.05) is 0 Å². The molecule has 0 bridgehead atoms. The Balaban J connectivity index is 0.000000146. The van der Waals surface area contributed by atoms with E-state index in [0.29, 0.717) is 9.79 Å². The van der Waals surface area contributed by atoms with Crippen LogP contribution in [0.4, 0.5) is 0 Å². The molecule has 10 aromatic carbocycles. The fourth-order valence-corrected chi connectivity index (χ4v) is 21.1. The van der Waals surface area contributed by atoms with Crippen molar-refractivity contribution >= 4 is 79.9 Å². The van der Waals surface area contributed by atoms with E-state index in [9.17, 15) is 9.59 Å². The number of aromatic carboxylic acids is 2. The van der Waals surface area contributed by atoms with Crippen LogP contribution in [0.15, 0.2) is 301 Å². The number of rotatable bonds is 15. The zero-order valence-corrected chi connectivity index (χ0v) is 43.3. The Morgan fingerprint density at radius 3 is 0.694 bits per heavy atom. The quantitative estimate of drug-likeness (QED) is 0.0787. The summed E-state index contributed by atoms with van der Waals surface area (Å²) in [6.45, 7) is 0. The molecule has 8 heteroatoms. The van der Waals surface area contributed by atoms with Gasteiger partial charge in [-0.15, -0.1) is 0 Å². The van der Waals surface area contributed by atoms with Crippen LogP contribution in [-0.2, 0) is 12.3 Å². The van der Waals surface area contributed by atoms with Crippen molar-refractivity contribution in [3.63, 3.8) is 0 Å². The summed E-state index contributed by atoms with van der Waals surface area (Å²) in [6.07, 6.45) is 2.12. The average Bonchev–Trinajstić information content (AvgIpc) is 3.45. The molecule has 0 fully saturated rings. The Morgan fingerprint density at radius 2 is 0.472 bits per heavy atom.